The van der Waals surface area contributed by atoms with E-state index in [2.05, 4.69) is 40.5 Å². The molecular weight excluding hydrogens is 538 g/mol. The Morgan fingerprint density at radius 2 is 1.88 bits per heavy atom. The molecule has 8 nitrogen and oxygen atoms in total. The predicted octanol–water partition coefficient (Wildman–Crippen LogP) is 6.97. The lowest BCUT2D eigenvalue weighted by atomic mass is 10.0. The summed E-state index contributed by atoms with van der Waals surface area (Å²) in [5.41, 5.74) is 7.89. The van der Waals surface area contributed by atoms with Crippen LogP contribution in [0.4, 0.5) is 0 Å². The first-order chi connectivity index (χ1) is 20.5. The summed E-state index contributed by atoms with van der Waals surface area (Å²) < 4.78 is 0. The number of nitrogens with two attached hydrogens (primary N) is 1. The molecule has 0 bridgehead atoms. The van der Waals surface area contributed by atoms with Gasteiger partial charge in [0.05, 0.1) is 0 Å². The first-order valence-corrected chi connectivity index (χ1v) is 15.0. The molecule has 238 valence electrons. The second kappa shape index (κ2) is 25.8. The number of benzene rings is 2. The normalized spacial score (nSPS) is 17.2. The summed E-state index contributed by atoms with van der Waals surface area (Å²) >= 11 is 0. The van der Waals surface area contributed by atoms with E-state index in [1.165, 1.54) is 0 Å². The second-order valence-electron chi connectivity index (χ2n) is 9.43. The molecule has 8 heteroatoms. The molecule has 0 fully saturated rings. The molecule has 1 aliphatic rings. The van der Waals surface area contributed by atoms with Crippen LogP contribution < -0.4 is 11.1 Å². The van der Waals surface area contributed by atoms with Crippen LogP contribution in [0, 0.1) is 5.92 Å². The number of hydrogen-bond acceptors (Lipinski definition) is 7. The zero-order valence-corrected chi connectivity index (χ0v) is 25.8. The first kappa shape index (κ1) is 39.1. The Morgan fingerprint density at radius 1 is 1.14 bits per heavy atom. The van der Waals surface area contributed by atoms with Crippen molar-refractivity contribution in [2.75, 3.05) is 26.2 Å². The van der Waals surface area contributed by atoms with Crippen LogP contribution in [-0.4, -0.2) is 53.0 Å². The van der Waals surface area contributed by atoms with Crippen molar-refractivity contribution in [2.24, 2.45) is 21.8 Å². The van der Waals surface area contributed by atoms with E-state index >= 15 is 0 Å². The Morgan fingerprint density at radius 3 is 2.56 bits per heavy atom. The van der Waals surface area contributed by atoms with Crippen molar-refractivity contribution in [3.63, 3.8) is 0 Å². The number of hydrogen-bond donors (Lipinski definition) is 4. The van der Waals surface area contributed by atoms with Crippen molar-refractivity contribution >= 4 is 11.7 Å². The molecule has 43 heavy (non-hydrogen) atoms. The topological polar surface area (TPSA) is 116 Å². The summed E-state index contributed by atoms with van der Waals surface area (Å²) in [7, 11) is 0. The van der Waals surface area contributed by atoms with Crippen LogP contribution in [0.5, 0.6) is 5.75 Å². The molecule has 5 N–H and O–H groups in total. The zero-order valence-electron chi connectivity index (χ0n) is 25.8. The number of aliphatic hydroxyl groups excluding tert-OH is 1. The van der Waals surface area contributed by atoms with Crippen LogP contribution in [0.15, 0.2) is 102 Å². The molecule has 2 aromatic rings. The molecule has 2 aromatic carbocycles. The first-order valence-electron chi connectivity index (χ1n) is 15.0. The largest absolute Gasteiger partial charge is 0.508 e. The Hall–Kier alpha value is -3.88. The number of phenolic OH excluding ortho intramolecular Hbond substituents is 1. The van der Waals surface area contributed by atoms with Crippen LogP contribution in [0.3, 0.4) is 0 Å². The predicted molar refractivity (Wildman–Crippen MR) is 183 cm³/mol. The molecule has 1 atom stereocenters. The zero-order chi connectivity index (χ0) is 30.8. The number of nitrogens with zero attached hydrogens (tertiary/aromatic N) is 3. The second-order valence-corrected chi connectivity index (χ2v) is 9.43. The maximum absolute atomic E-state index is 9.93. The third-order valence-corrected chi connectivity index (χ3v) is 5.86. The maximum Gasteiger partial charge on any atom is 0.163 e. The summed E-state index contributed by atoms with van der Waals surface area (Å²) in [5.74, 6) is 1.71. The summed E-state index contributed by atoms with van der Waals surface area (Å²) in [5, 5.41) is 25.0. The molecule has 1 aliphatic heterocycles. The van der Waals surface area contributed by atoms with E-state index in [1.54, 1.807) is 24.5 Å². The minimum Gasteiger partial charge on any atom is -0.508 e. The van der Waals surface area contributed by atoms with Gasteiger partial charge in [0.1, 0.15) is 17.8 Å². The maximum atomic E-state index is 9.93. The van der Waals surface area contributed by atoms with Gasteiger partial charge in [0.25, 0.3) is 0 Å². The molecule has 0 saturated heterocycles. The fraction of sp³-hybridized carbons (Fsp3) is 0.429. The Kier molecular flexibility index (Phi) is 23.5. The molecule has 1 unspecified atom stereocenters. The van der Waals surface area contributed by atoms with Gasteiger partial charge in [-0.05, 0) is 61.2 Å². The van der Waals surface area contributed by atoms with Crippen molar-refractivity contribution in [1.82, 2.24) is 10.2 Å². The molecular formula is C35H55N5O3. The lowest BCUT2D eigenvalue weighted by Gasteiger charge is -2.24. The third kappa shape index (κ3) is 18.3. The van der Waals surface area contributed by atoms with Gasteiger partial charge in [0.15, 0.2) is 5.84 Å². The quantitative estimate of drug-likeness (QED) is 0.120. The van der Waals surface area contributed by atoms with Crippen molar-refractivity contribution in [2.45, 2.75) is 67.3 Å². The van der Waals surface area contributed by atoms with E-state index in [-0.39, 0.29) is 19.1 Å². The van der Waals surface area contributed by atoms with Gasteiger partial charge >= 0.3 is 0 Å². The van der Waals surface area contributed by atoms with Gasteiger partial charge in [0.2, 0.25) is 0 Å². The van der Waals surface area contributed by atoms with Gasteiger partial charge in [-0.3, -0.25) is 9.89 Å². The molecule has 1 heterocycles. The number of aromatic hydroxyl groups is 1. The van der Waals surface area contributed by atoms with Crippen LogP contribution in [0.1, 0.15) is 71.9 Å². The molecule has 0 spiro atoms. The highest BCUT2D eigenvalue weighted by molar-refractivity contribution is 5.99. The summed E-state index contributed by atoms with van der Waals surface area (Å²) in [6.45, 7) is 11.4. The van der Waals surface area contributed by atoms with E-state index < -0.39 is 0 Å². The highest BCUT2D eigenvalue weighted by atomic mass is 16.6. The van der Waals surface area contributed by atoms with Gasteiger partial charge in [-0.25, -0.2) is 0 Å². The smallest absolute Gasteiger partial charge is 0.163 e. The minimum absolute atomic E-state index is 0. The number of oxime groups is 1. The van der Waals surface area contributed by atoms with Crippen molar-refractivity contribution in [3.8, 4) is 5.75 Å². The number of unbranched alkanes of at least 4 members (excludes halogenated alkanes) is 1. The molecule has 0 amide bonds. The van der Waals surface area contributed by atoms with Crippen molar-refractivity contribution in [1.29, 1.82) is 0 Å². The molecule has 0 aromatic heterocycles. The number of phenols is 1. The van der Waals surface area contributed by atoms with Crippen LogP contribution in [-0.2, 0) is 11.4 Å². The highest BCUT2D eigenvalue weighted by Crippen LogP contribution is 2.16. The molecule has 0 aliphatic carbocycles. The average Bonchev–Trinajstić information content (AvgIpc) is 3.11. The van der Waals surface area contributed by atoms with Gasteiger partial charge in [-0.15, -0.1) is 0 Å². The summed E-state index contributed by atoms with van der Waals surface area (Å²) in [6, 6.07) is 17.6. The fourth-order valence-corrected chi connectivity index (χ4v) is 3.80. The Balaban J connectivity index is 0.00000232. The van der Waals surface area contributed by atoms with E-state index in [0.29, 0.717) is 25.5 Å². The van der Waals surface area contributed by atoms with Crippen molar-refractivity contribution < 1.29 is 15.1 Å². The van der Waals surface area contributed by atoms with E-state index in [4.69, 9.17) is 20.7 Å². The van der Waals surface area contributed by atoms with Gasteiger partial charge < -0.3 is 26.1 Å². The summed E-state index contributed by atoms with van der Waals surface area (Å²) in [4.78, 5) is 12.3. The van der Waals surface area contributed by atoms with Crippen LogP contribution in [0.25, 0.3) is 0 Å². The minimum atomic E-state index is 0. The third-order valence-electron chi connectivity index (χ3n) is 5.86. The summed E-state index contributed by atoms with van der Waals surface area (Å²) in [6.07, 6.45) is 15.3. The van der Waals surface area contributed by atoms with Crippen LogP contribution in [0.2, 0.25) is 0 Å². The Bertz CT molecular complexity index is 1110. The number of nitrogens with one attached hydrogen (secondary N) is 1. The van der Waals surface area contributed by atoms with E-state index in [1.807, 2.05) is 69.5 Å². The number of aliphatic hydroxyl groups is 1. The highest BCUT2D eigenvalue weighted by Gasteiger charge is 2.12. The molecule has 3 rings (SSSR count). The number of rotatable bonds is 12. The van der Waals surface area contributed by atoms with Gasteiger partial charge in [-0.1, -0.05) is 101 Å². The van der Waals surface area contributed by atoms with E-state index in [9.17, 15) is 5.11 Å². The average molecular weight is 594 g/mol. The number of amidine groups is 2. The van der Waals surface area contributed by atoms with Crippen LogP contribution >= 0.6 is 0 Å². The molecule has 0 saturated carbocycles. The lowest BCUT2D eigenvalue weighted by Crippen LogP contribution is -2.29. The van der Waals surface area contributed by atoms with Gasteiger partial charge in [0, 0.05) is 38.3 Å². The van der Waals surface area contributed by atoms with Gasteiger partial charge in [-0.2, -0.15) is 0 Å². The Labute approximate surface area is 260 Å². The van der Waals surface area contributed by atoms with E-state index in [0.717, 1.165) is 55.7 Å². The molecule has 0 radical (unpaired) electrons. The monoisotopic (exact) mass is 593 g/mol. The van der Waals surface area contributed by atoms with Crippen molar-refractivity contribution in [3.05, 3.63) is 102 Å². The lowest BCUT2D eigenvalue weighted by molar-refractivity contribution is 0.249. The number of allylic oxidation sites excluding steroid dienone is 1. The fourth-order valence-electron chi connectivity index (χ4n) is 3.80. The standard InChI is InChI=1S/C29H37N5O2.C3H8O.C2H6.CH4/c1-2-3-17-31-29(26-12-5-4-6-13-26)32-18-9-19-34(23-25-11-7-14-27(35)21-25)22-24-10-8-15-28(30)33-36-20-16-24;1-2-3-4;1-2;/h4-9,11-16,18,20-21,24,35H,2-3,10,17,19,22-23H2,1H3,(H2,30,33)(H,31,32);4H,2-3H2,1H3;1-2H3;1H4/b15-8+,18-9+,20-16+;;;. The SMILES string of the molecule is C.CC.CCCCN=C(N/C=C/CN(Cc1cccc(O)c1)CC1/C=C/O/N=C(N)\C=C\C1)c1ccccc1.CCCO. The number of aliphatic imine (C=N–C) groups is 1.